The van der Waals surface area contributed by atoms with Gasteiger partial charge in [-0.3, -0.25) is 0 Å². The molecule has 0 bridgehead atoms. The van der Waals surface area contributed by atoms with Gasteiger partial charge in [-0.2, -0.15) is 0 Å². The summed E-state index contributed by atoms with van der Waals surface area (Å²) in [4.78, 5) is 2.48. The summed E-state index contributed by atoms with van der Waals surface area (Å²) in [6.45, 7) is 0. The molecule has 1 aliphatic carbocycles. The largest absolute Gasteiger partial charge is 0.310 e. The van der Waals surface area contributed by atoms with Crippen LogP contribution < -0.4 is 4.90 Å². The van der Waals surface area contributed by atoms with Crippen LogP contribution in [-0.2, 0) is 6.42 Å². The molecule has 0 fully saturated rings. The molecule has 66 heavy (non-hydrogen) atoms. The molecule has 0 atom stereocenters. The average molecular weight is 840 g/mol. The number of aryl methyl sites for hydroxylation is 1. The molecule has 0 aromatic heterocycles. The predicted octanol–water partition coefficient (Wildman–Crippen LogP) is 18.0. The van der Waals surface area contributed by atoms with E-state index in [1.807, 2.05) is 0 Å². The molecule has 0 saturated carbocycles. The Kier molecular flexibility index (Phi) is 9.13. The van der Waals surface area contributed by atoms with Gasteiger partial charge in [-0.15, -0.1) is 0 Å². The van der Waals surface area contributed by atoms with E-state index in [-0.39, 0.29) is 0 Å². The lowest BCUT2D eigenvalue weighted by atomic mass is 9.87. The van der Waals surface area contributed by atoms with Crippen LogP contribution in [0.2, 0.25) is 0 Å². The lowest BCUT2D eigenvalue weighted by Crippen LogP contribution is -2.11. The number of hydrogen-bond acceptors (Lipinski definition) is 1. The van der Waals surface area contributed by atoms with Crippen molar-refractivity contribution in [3.05, 3.63) is 259 Å². The van der Waals surface area contributed by atoms with Crippen molar-refractivity contribution < 1.29 is 0 Å². The number of fused-ring (bicyclic) bond motifs is 12. The number of para-hydroxylation sites is 1. The van der Waals surface area contributed by atoms with Gasteiger partial charge in [0.2, 0.25) is 0 Å². The first-order chi connectivity index (χ1) is 32.8. The van der Waals surface area contributed by atoms with E-state index in [1.54, 1.807) is 0 Å². The lowest BCUT2D eigenvalue weighted by Gasteiger charge is -2.29. The summed E-state index contributed by atoms with van der Waals surface area (Å²) in [6.07, 6.45) is 2.01. The zero-order chi connectivity index (χ0) is 43.6. The van der Waals surface area contributed by atoms with Gasteiger partial charge in [0, 0.05) is 22.9 Å². The number of hydrogen-bond donors (Lipinski definition) is 0. The molecule has 0 radical (unpaired) electrons. The van der Waals surface area contributed by atoms with Crippen LogP contribution in [0.4, 0.5) is 17.1 Å². The van der Waals surface area contributed by atoms with Gasteiger partial charge in [-0.25, -0.2) is 0 Å². The number of rotatable bonds is 8. The molecule has 0 spiro atoms. The quantitative estimate of drug-likeness (QED) is 0.138. The zero-order valence-electron chi connectivity index (χ0n) is 36.5. The maximum absolute atomic E-state index is 2.48. The average Bonchev–Trinajstić information content (AvgIpc) is 3.71. The maximum Gasteiger partial charge on any atom is 0.0540 e. The van der Waals surface area contributed by atoms with Gasteiger partial charge >= 0.3 is 0 Å². The zero-order valence-corrected chi connectivity index (χ0v) is 36.5. The van der Waals surface area contributed by atoms with Crippen molar-refractivity contribution >= 4 is 70.9 Å². The first kappa shape index (κ1) is 38.2. The second-order valence-corrected chi connectivity index (χ2v) is 17.8. The minimum absolute atomic E-state index is 0.365. The molecule has 12 aromatic carbocycles. The van der Waals surface area contributed by atoms with Crippen LogP contribution in [-0.4, -0.2) is 0 Å². The first-order valence-electron chi connectivity index (χ1n) is 23.3. The Morgan fingerprint density at radius 1 is 0.303 bits per heavy atom. The van der Waals surface area contributed by atoms with E-state index in [1.165, 1.54) is 104 Å². The molecule has 12 aromatic rings. The molecule has 0 unspecified atom stereocenters. The van der Waals surface area contributed by atoms with E-state index >= 15 is 0 Å². The fraction of sp³-hybridized carbons (Fsp3) is 0.0462. The van der Waals surface area contributed by atoms with Crippen LogP contribution in [0.15, 0.2) is 243 Å². The van der Waals surface area contributed by atoms with Gasteiger partial charge in [0.1, 0.15) is 0 Å². The minimum atomic E-state index is 0.365. The summed E-state index contributed by atoms with van der Waals surface area (Å²) in [5.41, 5.74) is 15.3. The summed E-state index contributed by atoms with van der Waals surface area (Å²) >= 11 is 0. The third-order valence-electron chi connectivity index (χ3n) is 14.3. The van der Waals surface area contributed by atoms with Gasteiger partial charge in [-0.1, -0.05) is 200 Å². The van der Waals surface area contributed by atoms with Gasteiger partial charge in [-0.05, 0) is 154 Å². The topological polar surface area (TPSA) is 3.24 Å². The smallest absolute Gasteiger partial charge is 0.0540 e. The van der Waals surface area contributed by atoms with Crippen LogP contribution in [0.5, 0.6) is 0 Å². The van der Waals surface area contributed by atoms with Crippen LogP contribution >= 0.6 is 0 Å². The fourth-order valence-electron chi connectivity index (χ4n) is 11.3. The van der Waals surface area contributed by atoms with Crippen LogP contribution in [0.25, 0.3) is 87.2 Å². The normalized spacial score (nSPS) is 12.3. The molecular formula is C65H45N. The molecule has 1 heteroatoms. The van der Waals surface area contributed by atoms with Gasteiger partial charge in [0.05, 0.1) is 5.69 Å². The third-order valence-corrected chi connectivity index (χ3v) is 14.3. The van der Waals surface area contributed by atoms with Crippen molar-refractivity contribution in [2.75, 3.05) is 4.90 Å². The van der Waals surface area contributed by atoms with Crippen LogP contribution in [0.1, 0.15) is 29.0 Å². The molecule has 1 nitrogen and oxygen atoms in total. The van der Waals surface area contributed by atoms with Crippen molar-refractivity contribution in [2.24, 2.45) is 0 Å². The Labute approximate surface area is 385 Å². The first-order valence-corrected chi connectivity index (χ1v) is 23.3. The summed E-state index contributed by atoms with van der Waals surface area (Å²) < 4.78 is 0. The lowest BCUT2D eigenvalue weighted by molar-refractivity contribution is 0.730. The molecule has 310 valence electrons. The van der Waals surface area contributed by atoms with Crippen molar-refractivity contribution in [1.29, 1.82) is 0 Å². The van der Waals surface area contributed by atoms with E-state index in [9.17, 15) is 0 Å². The van der Waals surface area contributed by atoms with Crippen molar-refractivity contribution in [3.8, 4) is 33.4 Å². The van der Waals surface area contributed by atoms with Crippen molar-refractivity contribution in [1.82, 2.24) is 0 Å². The van der Waals surface area contributed by atoms with Crippen LogP contribution in [0, 0.1) is 0 Å². The summed E-state index contributed by atoms with van der Waals surface area (Å²) in [5, 5.41) is 12.6. The summed E-state index contributed by atoms with van der Waals surface area (Å²) in [5.74, 6) is 0.365. The van der Waals surface area contributed by atoms with Crippen molar-refractivity contribution in [2.45, 2.75) is 18.8 Å². The monoisotopic (exact) mass is 839 g/mol. The SMILES string of the molecule is c1ccc(N(c2ccc3c4ccccc4c4ccccc4c3c2)c2ccc(-c3ccccc3CCC3c4ccccc4-c4ccccc43)cc2-c2cc3ccccc3c3ccccc23)cc1. The molecule has 0 heterocycles. The summed E-state index contributed by atoms with van der Waals surface area (Å²) in [6, 6.07) is 90.2. The minimum Gasteiger partial charge on any atom is -0.310 e. The third kappa shape index (κ3) is 6.23. The number of anilines is 3. The highest BCUT2D eigenvalue weighted by Crippen LogP contribution is 2.49. The molecule has 1 aliphatic rings. The van der Waals surface area contributed by atoms with Gasteiger partial charge in [0.15, 0.2) is 0 Å². The van der Waals surface area contributed by atoms with Gasteiger partial charge < -0.3 is 4.90 Å². The standard InChI is InChI=1S/C65H45N/c1-2-20-46(21-3-1)66(47-36-38-61-57-31-14-11-27-53(57)54-28-15-17-33-59(54)63(61)42-47)65-39-35-45(41-64(65)62-40-44-19-5-7-23-49(44)50-24-8-16-32-58(50)62)48-22-6-4-18-43(48)34-37-60-55-29-12-9-25-51(55)52-26-10-13-30-56(52)60/h1-33,35-36,38-42,60H,34,37H2. The Morgan fingerprint density at radius 2 is 0.818 bits per heavy atom. The maximum atomic E-state index is 2.48. The molecule has 0 N–H and O–H groups in total. The highest BCUT2D eigenvalue weighted by atomic mass is 15.1. The Morgan fingerprint density at radius 3 is 1.50 bits per heavy atom. The molecular weight excluding hydrogens is 795 g/mol. The van der Waals surface area contributed by atoms with E-state index in [0.717, 1.165) is 29.9 Å². The Balaban J connectivity index is 1.02. The van der Waals surface area contributed by atoms with Gasteiger partial charge in [0.25, 0.3) is 0 Å². The number of benzene rings is 12. The van der Waals surface area contributed by atoms with E-state index in [4.69, 9.17) is 0 Å². The fourth-order valence-corrected chi connectivity index (χ4v) is 11.3. The van der Waals surface area contributed by atoms with E-state index < -0.39 is 0 Å². The molecule has 0 amide bonds. The Bertz CT molecular complexity index is 3760. The van der Waals surface area contributed by atoms with Crippen molar-refractivity contribution in [3.63, 3.8) is 0 Å². The molecule has 0 aliphatic heterocycles. The Hall–Kier alpha value is -8.26. The predicted molar refractivity (Wildman–Crippen MR) is 282 cm³/mol. The second-order valence-electron chi connectivity index (χ2n) is 17.8. The molecule has 13 rings (SSSR count). The van der Waals surface area contributed by atoms with E-state index in [2.05, 4.69) is 248 Å². The summed E-state index contributed by atoms with van der Waals surface area (Å²) in [7, 11) is 0. The van der Waals surface area contributed by atoms with E-state index in [0.29, 0.717) is 5.92 Å². The van der Waals surface area contributed by atoms with Crippen LogP contribution in [0.3, 0.4) is 0 Å². The highest BCUT2D eigenvalue weighted by Gasteiger charge is 2.28. The highest BCUT2D eigenvalue weighted by molar-refractivity contribution is 6.26. The molecule has 0 saturated heterocycles. The number of nitrogens with zero attached hydrogens (tertiary/aromatic N) is 1. The second kappa shape index (κ2) is 15.8.